The molecular weight excluding hydrogens is 234 g/mol. The van der Waals surface area contributed by atoms with Crippen molar-refractivity contribution in [2.75, 3.05) is 0 Å². The zero-order chi connectivity index (χ0) is 14.1. The van der Waals surface area contributed by atoms with E-state index in [9.17, 15) is 0 Å². The molecule has 1 aromatic heterocycles. The maximum absolute atomic E-state index is 6.26. The summed E-state index contributed by atoms with van der Waals surface area (Å²) in [6, 6.07) is 0. The second-order valence-electron chi connectivity index (χ2n) is 7.43. The van der Waals surface area contributed by atoms with Crippen LogP contribution in [-0.2, 0) is 12.1 Å². The second kappa shape index (κ2) is 5.28. The van der Waals surface area contributed by atoms with Gasteiger partial charge in [0.25, 0.3) is 0 Å². The van der Waals surface area contributed by atoms with Gasteiger partial charge in [-0.05, 0) is 44.4 Å². The lowest BCUT2D eigenvalue weighted by Gasteiger charge is -2.33. The predicted molar refractivity (Wildman–Crippen MR) is 79.8 cm³/mol. The van der Waals surface area contributed by atoms with E-state index in [1.54, 1.807) is 0 Å². The topological polar surface area (TPSA) is 43.8 Å². The van der Waals surface area contributed by atoms with Gasteiger partial charge >= 0.3 is 0 Å². The molecule has 19 heavy (non-hydrogen) atoms. The number of hydrogen-bond acceptors (Lipinski definition) is 2. The Labute approximate surface area is 117 Å². The van der Waals surface area contributed by atoms with Crippen LogP contribution in [-0.4, -0.2) is 9.55 Å². The summed E-state index contributed by atoms with van der Waals surface area (Å²) in [7, 11) is 0. The monoisotopic (exact) mass is 263 g/mol. The molecule has 0 spiro atoms. The predicted octanol–water partition coefficient (Wildman–Crippen LogP) is 3.68. The Hall–Kier alpha value is -0.830. The average molecular weight is 263 g/mol. The van der Waals surface area contributed by atoms with E-state index in [-0.39, 0.29) is 5.54 Å². The van der Waals surface area contributed by atoms with E-state index in [1.807, 2.05) is 12.5 Å². The first-order chi connectivity index (χ1) is 8.82. The molecule has 0 saturated heterocycles. The molecule has 2 N–H and O–H groups in total. The number of nitrogens with zero attached hydrogens (tertiary/aromatic N) is 2. The number of imidazole rings is 1. The van der Waals surface area contributed by atoms with Crippen molar-refractivity contribution in [3.8, 4) is 0 Å². The van der Waals surface area contributed by atoms with Gasteiger partial charge < -0.3 is 10.3 Å². The summed E-state index contributed by atoms with van der Waals surface area (Å²) in [4.78, 5) is 4.32. The van der Waals surface area contributed by atoms with Crippen molar-refractivity contribution < 1.29 is 0 Å². The Balaban J connectivity index is 2.21. The molecular formula is C16H29N3. The van der Waals surface area contributed by atoms with Gasteiger partial charge in [0.1, 0.15) is 0 Å². The summed E-state index contributed by atoms with van der Waals surface area (Å²) >= 11 is 0. The molecule has 1 fully saturated rings. The van der Waals surface area contributed by atoms with Gasteiger partial charge in [-0.2, -0.15) is 0 Å². The Bertz CT molecular complexity index is 406. The smallest absolute Gasteiger partial charge is 0.0948 e. The van der Waals surface area contributed by atoms with Gasteiger partial charge in [-0.25, -0.2) is 4.98 Å². The third kappa shape index (κ3) is 3.38. The zero-order valence-corrected chi connectivity index (χ0v) is 12.9. The van der Waals surface area contributed by atoms with Gasteiger partial charge in [-0.1, -0.05) is 26.7 Å². The molecule has 2 rings (SSSR count). The molecule has 0 radical (unpaired) electrons. The fourth-order valence-electron chi connectivity index (χ4n) is 3.76. The molecule has 1 aliphatic carbocycles. The highest BCUT2D eigenvalue weighted by Gasteiger charge is 2.35. The van der Waals surface area contributed by atoms with Crippen LogP contribution in [0.5, 0.6) is 0 Å². The van der Waals surface area contributed by atoms with Crippen LogP contribution in [0, 0.1) is 11.3 Å². The summed E-state index contributed by atoms with van der Waals surface area (Å²) in [5.41, 5.74) is 7.57. The molecule has 1 aliphatic rings. The van der Waals surface area contributed by atoms with Crippen LogP contribution >= 0.6 is 0 Å². The number of aromatic nitrogens is 2. The first-order valence-corrected chi connectivity index (χ1v) is 7.62. The van der Waals surface area contributed by atoms with E-state index >= 15 is 0 Å². The highest BCUT2D eigenvalue weighted by Crippen LogP contribution is 2.44. The SMILES string of the molecule is CC(C)CC1(Cn2cncc2C(C)(C)N)CCCC1. The van der Waals surface area contributed by atoms with Crippen molar-refractivity contribution in [3.05, 3.63) is 18.2 Å². The number of rotatable bonds is 5. The van der Waals surface area contributed by atoms with Gasteiger partial charge in [0.2, 0.25) is 0 Å². The minimum atomic E-state index is -0.311. The molecule has 1 saturated carbocycles. The van der Waals surface area contributed by atoms with E-state index in [2.05, 4.69) is 37.2 Å². The van der Waals surface area contributed by atoms with Crippen LogP contribution in [0.4, 0.5) is 0 Å². The maximum Gasteiger partial charge on any atom is 0.0948 e. The normalized spacial score (nSPS) is 19.3. The van der Waals surface area contributed by atoms with E-state index < -0.39 is 0 Å². The highest BCUT2D eigenvalue weighted by atomic mass is 15.1. The molecule has 0 atom stereocenters. The minimum Gasteiger partial charge on any atom is -0.332 e. The Morgan fingerprint density at radius 2 is 2.00 bits per heavy atom. The quantitative estimate of drug-likeness (QED) is 0.880. The molecule has 0 bridgehead atoms. The van der Waals surface area contributed by atoms with Crippen molar-refractivity contribution in [3.63, 3.8) is 0 Å². The summed E-state index contributed by atoms with van der Waals surface area (Å²) < 4.78 is 2.30. The summed E-state index contributed by atoms with van der Waals surface area (Å²) in [6.07, 6.45) is 10.7. The van der Waals surface area contributed by atoms with Crippen molar-refractivity contribution in [2.45, 2.75) is 71.9 Å². The van der Waals surface area contributed by atoms with E-state index in [0.717, 1.165) is 18.2 Å². The summed E-state index contributed by atoms with van der Waals surface area (Å²) in [5, 5.41) is 0. The van der Waals surface area contributed by atoms with Crippen molar-refractivity contribution in [1.82, 2.24) is 9.55 Å². The second-order valence-corrected chi connectivity index (χ2v) is 7.43. The largest absolute Gasteiger partial charge is 0.332 e. The summed E-state index contributed by atoms with van der Waals surface area (Å²) in [5.74, 6) is 0.760. The van der Waals surface area contributed by atoms with Crippen LogP contribution < -0.4 is 5.73 Å². The van der Waals surface area contributed by atoms with Gasteiger partial charge in [-0.15, -0.1) is 0 Å². The lowest BCUT2D eigenvalue weighted by Crippen LogP contribution is -2.34. The standard InChI is InChI=1S/C16H29N3/c1-13(2)9-16(7-5-6-8-16)11-19-12-18-10-14(19)15(3,4)17/h10,12-13H,5-9,11,17H2,1-4H3. The van der Waals surface area contributed by atoms with Crippen LogP contribution in [0.15, 0.2) is 12.5 Å². The average Bonchev–Trinajstić information content (AvgIpc) is 2.86. The highest BCUT2D eigenvalue weighted by molar-refractivity contribution is 5.10. The molecule has 3 heteroatoms. The van der Waals surface area contributed by atoms with Crippen molar-refractivity contribution >= 4 is 0 Å². The Morgan fingerprint density at radius 3 is 2.53 bits per heavy atom. The minimum absolute atomic E-state index is 0.311. The molecule has 1 aromatic rings. The fourth-order valence-corrected chi connectivity index (χ4v) is 3.76. The number of hydrogen-bond donors (Lipinski definition) is 1. The maximum atomic E-state index is 6.26. The van der Waals surface area contributed by atoms with Crippen LogP contribution in [0.25, 0.3) is 0 Å². The molecule has 3 nitrogen and oxygen atoms in total. The molecule has 1 heterocycles. The fraction of sp³-hybridized carbons (Fsp3) is 0.812. The van der Waals surface area contributed by atoms with Crippen LogP contribution in [0.2, 0.25) is 0 Å². The van der Waals surface area contributed by atoms with Gasteiger partial charge in [0, 0.05) is 12.7 Å². The molecule has 0 amide bonds. The third-order valence-electron chi connectivity index (χ3n) is 4.38. The van der Waals surface area contributed by atoms with Crippen molar-refractivity contribution in [2.24, 2.45) is 17.1 Å². The lowest BCUT2D eigenvalue weighted by molar-refractivity contribution is 0.192. The van der Waals surface area contributed by atoms with E-state index in [4.69, 9.17) is 5.73 Å². The summed E-state index contributed by atoms with van der Waals surface area (Å²) in [6.45, 7) is 9.87. The van der Waals surface area contributed by atoms with E-state index in [1.165, 1.54) is 32.1 Å². The molecule has 108 valence electrons. The van der Waals surface area contributed by atoms with Gasteiger partial charge in [-0.3, -0.25) is 0 Å². The first kappa shape index (κ1) is 14.6. The van der Waals surface area contributed by atoms with Crippen LogP contribution in [0.1, 0.15) is 65.5 Å². The lowest BCUT2D eigenvalue weighted by atomic mass is 9.78. The molecule has 0 aliphatic heterocycles. The Kier molecular flexibility index (Phi) is 4.05. The van der Waals surface area contributed by atoms with Gasteiger partial charge in [0.05, 0.1) is 17.6 Å². The van der Waals surface area contributed by atoms with Gasteiger partial charge in [0.15, 0.2) is 0 Å². The van der Waals surface area contributed by atoms with Crippen LogP contribution in [0.3, 0.4) is 0 Å². The third-order valence-corrected chi connectivity index (χ3v) is 4.38. The molecule has 0 unspecified atom stereocenters. The first-order valence-electron chi connectivity index (χ1n) is 7.62. The molecule has 0 aromatic carbocycles. The zero-order valence-electron chi connectivity index (χ0n) is 12.9. The number of nitrogens with two attached hydrogens (primary N) is 1. The van der Waals surface area contributed by atoms with E-state index in [0.29, 0.717) is 5.41 Å². The Morgan fingerprint density at radius 1 is 1.37 bits per heavy atom. The van der Waals surface area contributed by atoms with Crippen molar-refractivity contribution in [1.29, 1.82) is 0 Å².